The molecule has 0 spiro atoms. The van der Waals surface area contributed by atoms with Gasteiger partial charge in [-0.3, -0.25) is 4.99 Å². The lowest BCUT2D eigenvalue weighted by molar-refractivity contribution is 0.432. The zero-order chi connectivity index (χ0) is 13.4. The smallest absolute Gasteiger partial charge is 0.191 e. The third-order valence-corrected chi connectivity index (χ3v) is 3.08. The van der Waals surface area contributed by atoms with Crippen LogP contribution in [0.25, 0.3) is 0 Å². The van der Waals surface area contributed by atoms with Gasteiger partial charge in [0.15, 0.2) is 5.96 Å². The summed E-state index contributed by atoms with van der Waals surface area (Å²) in [7, 11) is 0. The van der Waals surface area contributed by atoms with E-state index >= 15 is 0 Å². The van der Waals surface area contributed by atoms with Gasteiger partial charge in [-0.25, -0.2) is 0 Å². The third kappa shape index (κ3) is 6.84. The number of nitrogens with zero attached hydrogens (tertiary/aromatic N) is 1. The highest BCUT2D eigenvalue weighted by atomic mass is 15.2. The quantitative estimate of drug-likeness (QED) is 0.399. The van der Waals surface area contributed by atoms with Crippen LogP contribution in [0.5, 0.6) is 0 Å². The molecule has 0 saturated heterocycles. The Kier molecular flexibility index (Phi) is 6.47. The van der Waals surface area contributed by atoms with Crippen LogP contribution in [0.1, 0.15) is 53.4 Å². The van der Waals surface area contributed by atoms with Gasteiger partial charge in [0.05, 0.1) is 6.54 Å². The summed E-state index contributed by atoms with van der Waals surface area (Å²) in [5.74, 6) is 0.972. The molecule has 4 heteroatoms. The molecule has 0 aromatic rings. The Balaban J connectivity index is 2.30. The molecule has 0 bridgehead atoms. The van der Waals surface area contributed by atoms with Crippen molar-refractivity contribution in [2.45, 2.75) is 65.0 Å². The standard InChI is InChI=1S/C14H30N4/c1-5-15-13(18-12-8-6-7-9-12)16-10-11-17-14(2,3)4/h12,17H,5-11H2,1-4H3,(H2,15,16,18). The molecule has 3 N–H and O–H groups in total. The minimum atomic E-state index is 0.173. The largest absolute Gasteiger partial charge is 0.357 e. The molecule has 1 aliphatic carbocycles. The summed E-state index contributed by atoms with van der Waals surface area (Å²) in [5, 5.41) is 10.3. The summed E-state index contributed by atoms with van der Waals surface area (Å²) in [6, 6.07) is 0.623. The summed E-state index contributed by atoms with van der Waals surface area (Å²) in [6.45, 7) is 11.3. The van der Waals surface area contributed by atoms with Crippen molar-refractivity contribution >= 4 is 5.96 Å². The second-order valence-electron chi connectivity index (χ2n) is 6.06. The fraction of sp³-hybridized carbons (Fsp3) is 0.929. The zero-order valence-corrected chi connectivity index (χ0v) is 12.5. The Bertz CT molecular complexity index is 249. The average Bonchev–Trinajstić information content (AvgIpc) is 2.76. The molecule has 1 aliphatic rings. The van der Waals surface area contributed by atoms with Crippen LogP contribution in [0.15, 0.2) is 4.99 Å². The molecule has 0 atom stereocenters. The van der Waals surface area contributed by atoms with Crippen molar-refractivity contribution in [3.63, 3.8) is 0 Å². The summed E-state index contributed by atoms with van der Waals surface area (Å²) in [6.07, 6.45) is 5.26. The van der Waals surface area contributed by atoms with E-state index in [0.717, 1.165) is 25.6 Å². The molecule has 0 aliphatic heterocycles. The molecule has 1 saturated carbocycles. The fourth-order valence-corrected chi connectivity index (χ4v) is 2.18. The monoisotopic (exact) mass is 254 g/mol. The van der Waals surface area contributed by atoms with Gasteiger partial charge < -0.3 is 16.0 Å². The molecule has 0 unspecified atom stereocenters. The Morgan fingerprint density at radius 1 is 1.22 bits per heavy atom. The maximum atomic E-state index is 4.61. The normalized spacial score (nSPS) is 18.1. The number of aliphatic imine (C=N–C) groups is 1. The Labute approximate surface area is 112 Å². The molecule has 106 valence electrons. The van der Waals surface area contributed by atoms with Crippen molar-refractivity contribution in [2.24, 2.45) is 4.99 Å². The van der Waals surface area contributed by atoms with Gasteiger partial charge in [-0.15, -0.1) is 0 Å². The van der Waals surface area contributed by atoms with Crippen LogP contribution >= 0.6 is 0 Å². The maximum Gasteiger partial charge on any atom is 0.191 e. The maximum absolute atomic E-state index is 4.61. The van der Waals surface area contributed by atoms with Crippen LogP contribution in [0, 0.1) is 0 Å². The topological polar surface area (TPSA) is 48.5 Å². The number of guanidine groups is 1. The minimum absolute atomic E-state index is 0.173. The minimum Gasteiger partial charge on any atom is -0.357 e. The van der Waals surface area contributed by atoms with Gasteiger partial charge in [0, 0.05) is 24.7 Å². The van der Waals surface area contributed by atoms with Crippen molar-refractivity contribution in [2.75, 3.05) is 19.6 Å². The van der Waals surface area contributed by atoms with Crippen LogP contribution in [-0.2, 0) is 0 Å². The van der Waals surface area contributed by atoms with Crippen LogP contribution in [0.4, 0.5) is 0 Å². The third-order valence-electron chi connectivity index (χ3n) is 3.08. The van der Waals surface area contributed by atoms with Crippen LogP contribution in [0.2, 0.25) is 0 Å². The van der Waals surface area contributed by atoms with E-state index in [1.54, 1.807) is 0 Å². The van der Waals surface area contributed by atoms with E-state index in [1.165, 1.54) is 25.7 Å². The first kappa shape index (κ1) is 15.3. The highest BCUT2D eigenvalue weighted by Crippen LogP contribution is 2.17. The predicted molar refractivity (Wildman–Crippen MR) is 79.1 cm³/mol. The average molecular weight is 254 g/mol. The Morgan fingerprint density at radius 3 is 2.44 bits per heavy atom. The van der Waals surface area contributed by atoms with E-state index in [2.05, 4.69) is 48.6 Å². The molecule has 0 heterocycles. The van der Waals surface area contributed by atoms with Crippen LogP contribution in [-0.4, -0.2) is 37.2 Å². The van der Waals surface area contributed by atoms with E-state index < -0.39 is 0 Å². The van der Waals surface area contributed by atoms with E-state index in [0.29, 0.717) is 6.04 Å². The van der Waals surface area contributed by atoms with E-state index in [1.807, 2.05) is 0 Å². The molecule has 4 nitrogen and oxygen atoms in total. The highest BCUT2D eigenvalue weighted by Gasteiger charge is 2.15. The molecule has 1 rings (SSSR count). The molecule has 0 amide bonds. The molecule has 18 heavy (non-hydrogen) atoms. The summed E-state index contributed by atoms with van der Waals surface area (Å²) in [5.41, 5.74) is 0.173. The van der Waals surface area contributed by atoms with E-state index in [9.17, 15) is 0 Å². The molecular formula is C14H30N4. The summed E-state index contributed by atoms with van der Waals surface area (Å²) < 4.78 is 0. The zero-order valence-electron chi connectivity index (χ0n) is 12.5. The first-order chi connectivity index (χ1) is 8.51. The molecule has 0 aromatic carbocycles. The second kappa shape index (κ2) is 7.62. The number of rotatable bonds is 5. The van der Waals surface area contributed by atoms with E-state index in [4.69, 9.17) is 0 Å². The van der Waals surface area contributed by atoms with Gasteiger partial charge >= 0.3 is 0 Å². The Morgan fingerprint density at radius 2 is 1.89 bits per heavy atom. The van der Waals surface area contributed by atoms with Crippen molar-refractivity contribution < 1.29 is 0 Å². The van der Waals surface area contributed by atoms with Gasteiger partial charge in [-0.1, -0.05) is 12.8 Å². The van der Waals surface area contributed by atoms with Gasteiger partial charge in [0.2, 0.25) is 0 Å². The van der Waals surface area contributed by atoms with Gasteiger partial charge in [0.1, 0.15) is 0 Å². The number of hydrogen-bond donors (Lipinski definition) is 3. The van der Waals surface area contributed by atoms with Crippen molar-refractivity contribution in [1.29, 1.82) is 0 Å². The number of hydrogen-bond acceptors (Lipinski definition) is 2. The lowest BCUT2D eigenvalue weighted by Crippen LogP contribution is -2.43. The van der Waals surface area contributed by atoms with Crippen molar-refractivity contribution in [3.8, 4) is 0 Å². The molecule has 0 aromatic heterocycles. The van der Waals surface area contributed by atoms with E-state index in [-0.39, 0.29) is 5.54 Å². The first-order valence-electron chi connectivity index (χ1n) is 7.31. The summed E-state index contributed by atoms with van der Waals surface area (Å²) in [4.78, 5) is 4.61. The van der Waals surface area contributed by atoms with Gasteiger partial charge in [-0.2, -0.15) is 0 Å². The second-order valence-corrected chi connectivity index (χ2v) is 6.06. The summed E-state index contributed by atoms with van der Waals surface area (Å²) >= 11 is 0. The molecule has 0 radical (unpaired) electrons. The van der Waals surface area contributed by atoms with Crippen molar-refractivity contribution in [3.05, 3.63) is 0 Å². The first-order valence-corrected chi connectivity index (χ1v) is 7.31. The van der Waals surface area contributed by atoms with Gasteiger partial charge in [-0.05, 0) is 40.5 Å². The van der Waals surface area contributed by atoms with Gasteiger partial charge in [0.25, 0.3) is 0 Å². The fourth-order valence-electron chi connectivity index (χ4n) is 2.18. The number of nitrogens with one attached hydrogen (secondary N) is 3. The lowest BCUT2D eigenvalue weighted by atomic mass is 10.1. The van der Waals surface area contributed by atoms with Crippen molar-refractivity contribution in [1.82, 2.24) is 16.0 Å². The predicted octanol–water partition coefficient (Wildman–Crippen LogP) is 1.87. The SMILES string of the molecule is CCNC(=NCCNC(C)(C)C)NC1CCCC1. The van der Waals surface area contributed by atoms with Crippen LogP contribution < -0.4 is 16.0 Å². The lowest BCUT2D eigenvalue weighted by Gasteiger charge is -2.20. The highest BCUT2D eigenvalue weighted by molar-refractivity contribution is 5.80. The Hall–Kier alpha value is -0.770. The molecule has 1 fully saturated rings. The van der Waals surface area contributed by atoms with Crippen LogP contribution in [0.3, 0.4) is 0 Å². The molecular weight excluding hydrogens is 224 g/mol.